The minimum absolute atomic E-state index is 0.162. The lowest BCUT2D eigenvalue weighted by atomic mass is 9.84. The first kappa shape index (κ1) is 20.4. The molecule has 7 nitrogen and oxygen atoms in total. The molecule has 0 bridgehead atoms. The summed E-state index contributed by atoms with van der Waals surface area (Å²) in [6, 6.07) is 0. The van der Waals surface area contributed by atoms with E-state index in [0.717, 1.165) is 19.1 Å². The van der Waals surface area contributed by atoms with E-state index in [9.17, 15) is 9.59 Å². The van der Waals surface area contributed by atoms with E-state index >= 15 is 0 Å². The van der Waals surface area contributed by atoms with Gasteiger partial charge in [-0.25, -0.2) is 10.2 Å². The zero-order valence-corrected chi connectivity index (χ0v) is 14.2. The molecule has 3 N–H and O–H groups in total. The number of nitrogens with one attached hydrogen (secondary N) is 3. The van der Waals surface area contributed by atoms with Crippen LogP contribution in [0.25, 0.3) is 0 Å². The van der Waals surface area contributed by atoms with Gasteiger partial charge in [0.25, 0.3) is 0 Å². The summed E-state index contributed by atoms with van der Waals surface area (Å²) in [5.74, 6) is -0.268. The molecular weight excluding hydrogens is 286 g/mol. The fraction of sp³-hybridized carbons (Fsp3) is 0.800. The van der Waals surface area contributed by atoms with E-state index in [1.165, 1.54) is 0 Å². The molecule has 0 rings (SSSR count). The van der Waals surface area contributed by atoms with Crippen LogP contribution in [-0.2, 0) is 14.3 Å². The third-order valence-electron chi connectivity index (χ3n) is 3.53. The third kappa shape index (κ3) is 7.40. The van der Waals surface area contributed by atoms with E-state index in [4.69, 9.17) is 14.9 Å². The van der Waals surface area contributed by atoms with E-state index in [1.807, 2.05) is 13.8 Å². The van der Waals surface area contributed by atoms with Gasteiger partial charge in [0.05, 0.1) is 5.41 Å². The second kappa shape index (κ2) is 9.40. The molecule has 1 amide bonds. The van der Waals surface area contributed by atoms with Gasteiger partial charge >= 0.3 is 12.1 Å². The molecule has 0 radical (unpaired) electrons. The van der Waals surface area contributed by atoms with Gasteiger partial charge in [-0.15, -0.1) is 0 Å². The van der Waals surface area contributed by atoms with Gasteiger partial charge in [-0.2, -0.15) is 0 Å². The lowest BCUT2D eigenvalue weighted by molar-refractivity contribution is -0.158. The topological polar surface area (TPSA) is 101 Å². The SMILES string of the molecule is CCC(CC)(COC(=O)NNCC=N)COC(=O)C(C)(C)C. The van der Waals surface area contributed by atoms with Gasteiger partial charge in [0.2, 0.25) is 0 Å². The summed E-state index contributed by atoms with van der Waals surface area (Å²) in [7, 11) is 0. The predicted octanol–water partition coefficient (Wildman–Crippen LogP) is 2.26. The van der Waals surface area contributed by atoms with E-state index in [0.29, 0.717) is 0 Å². The molecular formula is C15H29N3O4. The van der Waals surface area contributed by atoms with E-state index in [1.54, 1.807) is 20.8 Å². The van der Waals surface area contributed by atoms with Crippen LogP contribution in [0.1, 0.15) is 47.5 Å². The van der Waals surface area contributed by atoms with Crippen molar-refractivity contribution in [3.05, 3.63) is 0 Å². The van der Waals surface area contributed by atoms with Crippen LogP contribution in [0.2, 0.25) is 0 Å². The molecule has 0 heterocycles. The van der Waals surface area contributed by atoms with Gasteiger partial charge in [-0.1, -0.05) is 13.8 Å². The number of hydrazine groups is 1. The van der Waals surface area contributed by atoms with Crippen LogP contribution in [0.5, 0.6) is 0 Å². The quantitative estimate of drug-likeness (QED) is 0.262. The van der Waals surface area contributed by atoms with Crippen molar-refractivity contribution in [2.24, 2.45) is 10.8 Å². The predicted molar refractivity (Wildman–Crippen MR) is 84.7 cm³/mol. The maximum absolute atomic E-state index is 11.9. The molecule has 0 aromatic carbocycles. The first-order valence-electron chi connectivity index (χ1n) is 7.52. The molecule has 0 aliphatic heterocycles. The normalized spacial score (nSPS) is 11.7. The number of carbonyl (C=O) groups is 2. The molecule has 22 heavy (non-hydrogen) atoms. The fourth-order valence-electron chi connectivity index (χ4n) is 1.56. The Morgan fingerprint density at radius 2 is 1.64 bits per heavy atom. The number of rotatable bonds is 9. The van der Waals surface area contributed by atoms with Crippen molar-refractivity contribution in [1.29, 1.82) is 5.41 Å². The summed E-state index contributed by atoms with van der Waals surface area (Å²) < 4.78 is 10.6. The summed E-state index contributed by atoms with van der Waals surface area (Å²) in [6.07, 6.45) is 1.95. The Balaban J connectivity index is 4.46. The molecule has 128 valence electrons. The molecule has 0 unspecified atom stereocenters. The molecule has 7 heteroatoms. The van der Waals surface area contributed by atoms with E-state index < -0.39 is 11.5 Å². The highest BCUT2D eigenvalue weighted by Crippen LogP contribution is 2.28. The number of hydrogen-bond acceptors (Lipinski definition) is 6. The molecule has 0 aromatic heterocycles. The van der Waals surface area contributed by atoms with Gasteiger partial charge in [-0.05, 0) is 33.6 Å². The Hall–Kier alpha value is -1.63. The zero-order chi connectivity index (χ0) is 17.2. The van der Waals surface area contributed by atoms with Crippen molar-refractivity contribution in [2.75, 3.05) is 19.8 Å². The number of esters is 1. The Morgan fingerprint density at radius 1 is 1.09 bits per heavy atom. The average Bonchev–Trinajstić information content (AvgIpc) is 2.47. The van der Waals surface area contributed by atoms with Crippen molar-refractivity contribution in [3.63, 3.8) is 0 Å². The smallest absolute Gasteiger partial charge is 0.421 e. The standard InChI is InChI=1S/C15H29N3O4/c1-6-15(7-2,10-21-12(19)14(3,4)5)11-22-13(20)18-17-9-8-16/h8,16-17H,6-7,9-11H2,1-5H3,(H,18,20). The number of carbonyl (C=O) groups excluding carboxylic acids is 2. The number of hydrogen-bond donors (Lipinski definition) is 3. The molecule has 0 saturated carbocycles. The highest BCUT2D eigenvalue weighted by molar-refractivity contribution is 5.75. The summed E-state index contributed by atoms with van der Waals surface area (Å²) in [6.45, 7) is 9.96. The second-order valence-electron chi connectivity index (χ2n) is 6.32. The Labute approximate surface area is 132 Å². The van der Waals surface area contributed by atoms with Gasteiger partial charge in [0.15, 0.2) is 0 Å². The van der Waals surface area contributed by atoms with Gasteiger partial charge in [0, 0.05) is 18.2 Å². The number of amides is 1. The molecule has 0 spiro atoms. The lowest BCUT2D eigenvalue weighted by Crippen LogP contribution is -2.41. The second-order valence-corrected chi connectivity index (χ2v) is 6.32. The summed E-state index contributed by atoms with van der Waals surface area (Å²) in [4.78, 5) is 23.4. The van der Waals surface area contributed by atoms with Gasteiger partial charge in [0.1, 0.15) is 13.2 Å². The van der Waals surface area contributed by atoms with Crippen LogP contribution in [-0.4, -0.2) is 38.0 Å². The Kier molecular flexibility index (Phi) is 8.70. The van der Waals surface area contributed by atoms with Gasteiger partial charge in [-0.3, -0.25) is 10.2 Å². The summed E-state index contributed by atoms with van der Waals surface area (Å²) >= 11 is 0. The fourth-order valence-corrected chi connectivity index (χ4v) is 1.56. The number of ether oxygens (including phenoxy) is 2. The van der Waals surface area contributed by atoms with Crippen LogP contribution >= 0.6 is 0 Å². The van der Waals surface area contributed by atoms with E-state index in [-0.39, 0.29) is 31.1 Å². The molecule has 0 saturated heterocycles. The van der Waals surface area contributed by atoms with Crippen LogP contribution in [0.4, 0.5) is 4.79 Å². The minimum Gasteiger partial charge on any atom is -0.465 e. The van der Waals surface area contributed by atoms with Crippen molar-refractivity contribution >= 4 is 18.3 Å². The Morgan fingerprint density at radius 3 is 2.09 bits per heavy atom. The highest BCUT2D eigenvalue weighted by Gasteiger charge is 2.32. The Bertz CT molecular complexity index is 373. The molecule has 0 aromatic rings. The molecule has 0 aliphatic carbocycles. The van der Waals surface area contributed by atoms with Gasteiger partial charge < -0.3 is 14.9 Å². The van der Waals surface area contributed by atoms with Crippen LogP contribution in [0, 0.1) is 16.2 Å². The zero-order valence-electron chi connectivity index (χ0n) is 14.2. The first-order valence-corrected chi connectivity index (χ1v) is 7.52. The molecule has 0 atom stereocenters. The first-order chi connectivity index (χ1) is 10.2. The van der Waals surface area contributed by atoms with Crippen molar-refractivity contribution in [1.82, 2.24) is 10.9 Å². The minimum atomic E-state index is -0.615. The van der Waals surface area contributed by atoms with Crippen LogP contribution in [0.15, 0.2) is 0 Å². The van der Waals surface area contributed by atoms with Crippen molar-refractivity contribution in [3.8, 4) is 0 Å². The maximum atomic E-state index is 11.9. The third-order valence-corrected chi connectivity index (χ3v) is 3.53. The maximum Gasteiger partial charge on any atom is 0.421 e. The van der Waals surface area contributed by atoms with Crippen LogP contribution in [0.3, 0.4) is 0 Å². The average molecular weight is 315 g/mol. The van der Waals surface area contributed by atoms with Crippen LogP contribution < -0.4 is 10.9 Å². The highest BCUT2D eigenvalue weighted by atomic mass is 16.6. The van der Waals surface area contributed by atoms with Crippen molar-refractivity contribution in [2.45, 2.75) is 47.5 Å². The molecule has 0 aliphatic rings. The summed E-state index contributed by atoms with van der Waals surface area (Å²) in [5, 5.41) is 6.82. The largest absolute Gasteiger partial charge is 0.465 e. The van der Waals surface area contributed by atoms with E-state index in [2.05, 4.69) is 10.9 Å². The lowest BCUT2D eigenvalue weighted by Gasteiger charge is -2.31. The monoisotopic (exact) mass is 315 g/mol. The molecule has 0 fully saturated rings. The summed E-state index contributed by atoms with van der Waals surface area (Å²) in [5.41, 5.74) is 3.91. The van der Waals surface area contributed by atoms with Crippen molar-refractivity contribution < 1.29 is 19.1 Å².